The number of hydrogen-bond donors (Lipinski definition) is 0. The molecule has 6 rings (SSSR count). The van der Waals surface area contributed by atoms with Crippen LogP contribution in [0.2, 0.25) is 0 Å². The SMILES string of the molecule is COc1c(-c2ccc(N3Cc4nnc(C(F)(F)F)n4C(C)C3)cc2)cnc2c(-c3ccc(C#N)cc3)cccc12. The monoisotopic (exact) mass is 540 g/mol. The zero-order valence-electron chi connectivity index (χ0n) is 21.6. The number of para-hydroxylation sites is 1. The molecule has 0 spiro atoms. The summed E-state index contributed by atoms with van der Waals surface area (Å²) in [6.45, 7) is 2.36. The summed E-state index contributed by atoms with van der Waals surface area (Å²) in [6.07, 6.45) is -2.76. The molecule has 0 saturated heterocycles. The van der Waals surface area contributed by atoms with Crippen LogP contribution in [0.3, 0.4) is 0 Å². The summed E-state index contributed by atoms with van der Waals surface area (Å²) >= 11 is 0. The minimum absolute atomic E-state index is 0.228. The summed E-state index contributed by atoms with van der Waals surface area (Å²) in [5.74, 6) is 0.0180. The third kappa shape index (κ3) is 4.29. The highest BCUT2D eigenvalue weighted by atomic mass is 19.4. The van der Waals surface area contributed by atoms with E-state index < -0.39 is 18.0 Å². The number of rotatable bonds is 4. The van der Waals surface area contributed by atoms with Gasteiger partial charge in [0.2, 0.25) is 5.82 Å². The van der Waals surface area contributed by atoms with Gasteiger partial charge in [0, 0.05) is 34.9 Å². The maximum absolute atomic E-state index is 13.3. The van der Waals surface area contributed by atoms with Crippen LogP contribution in [-0.2, 0) is 12.7 Å². The highest BCUT2D eigenvalue weighted by molar-refractivity contribution is 6.00. The van der Waals surface area contributed by atoms with Crippen LogP contribution < -0.4 is 9.64 Å². The van der Waals surface area contributed by atoms with Crippen LogP contribution in [-0.4, -0.2) is 33.4 Å². The lowest BCUT2D eigenvalue weighted by atomic mass is 9.98. The van der Waals surface area contributed by atoms with Gasteiger partial charge in [0.1, 0.15) is 5.75 Å². The van der Waals surface area contributed by atoms with Crippen LogP contribution in [0.5, 0.6) is 5.75 Å². The van der Waals surface area contributed by atoms with Crippen molar-refractivity contribution < 1.29 is 17.9 Å². The molecule has 7 nitrogen and oxygen atoms in total. The summed E-state index contributed by atoms with van der Waals surface area (Å²) in [5.41, 5.74) is 5.84. The standard InChI is InChI=1S/C30H23F3N6O/c1-18-16-38(17-26-36-37-29(39(18)26)30(31,32)33)22-12-10-21(11-13-22)25-15-35-27-23(4-3-5-24(27)28(25)40-2)20-8-6-19(14-34)7-9-20/h3-13,15,18H,16-17H2,1-2H3. The second-order valence-corrected chi connectivity index (χ2v) is 9.68. The van der Waals surface area contributed by atoms with Gasteiger partial charge >= 0.3 is 6.18 Å². The number of nitriles is 1. The second kappa shape index (κ2) is 9.68. The predicted molar refractivity (Wildman–Crippen MR) is 145 cm³/mol. The van der Waals surface area contributed by atoms with Crippen molar-refractivity contribution in [1.29, 1.82) is 5.26 Å². The number of methoxy groups -OCH3 is 1. The lowest BCUT2D eigenvalue weighted by molar-refractivity contribution is -0.148. The number of benzene rings is 3. The topological polar surface area (TPSA) is 79.9 Å². The first kappa shape index (κ1) is 25.4. The zero-order chi connectivity index (χ0) is 28.0. The number of aromatic nitrogens is 4. The molecule has 1 aliphatic heterocycles. The van der Waals surface area contributed by atoms with Crippen molar-refractivity contribution in [1.82, 2.24) is 19.7 Å². The summed E-state index contributed by atoms with van der Waals surface area (Å²) in [6, 6.07) is 22.8. The van der Waals surface area contributed by atoms with E-state index in [4.69, 9.17) is 15.0 Å². The number of fused-ring (bicyclic) bond motifs is 2. The number of alkyl halides is 3. The first-order valence-corrected chi connectivity index (χ1v) is 12.6. The number of hydrogen-bond acceptors (Lipinski definition) is 6. The van der Waals surface area contributed by atoms with Gasteiger partial charge in [-0.2, -0.15) is 18.4 Å². The number of halogens is 3. The van der Waals surface area contributed by atoms with Crippen molar-refractivity contribution in [3.63, 3.8) is 0 Å². The molecule has 1 unspecified atom stereocenters. The van der Waals surface area contributed by atoms with Crippen LogP contribution in [0, 0.1) is 11.3 Å². The molecule has 0 fully saturated rings. The van der Waals surface area contributed by atoms with E-state index in [9.17, 15) is 13.2 Å². The molecular formula is C30H23F3N6O. The summed E-state index contributed by atoms with van der Waals surface area (Å²) in [5, 5.41) is 17.2. The van der Waals surface area contributed by atoms with Gasteiger partial charge in [0.25, 0.3) is 0 Å². The van der Waals surface area contributed by atoms with Crippen molar-refractivity contribution in [2.45, 2.75) is 25.7 Å². The van der Waals surface area contributed by atoms with Crippen molar-refractivity contribution in [3.05, 3.63) is 90.1 Å². The average molecular weight is 541 g/mol. The first-order chi connectivity index (χ1) is 19.3. The zero-order valence-corrected chi connectivity index (χ0v) is 21.6. The van der Waals surface area contributed by atoms with E-state index in [0.717, 1.165) is 38.8 Å². The number of ether oxygens (including phenoxy) is 1. The minimum atomic E-state index is -4.54. The van der Waals surface area contributed by atoms with Gasteiger partial charge in [-0.25, -0.2) is 0 Å². The Labute approximate surface area is 228 Å². The molecule has 0 N–H and O–H groups in total. The molecule has 0 bridgehead atoms. The number of pyridine rings is 1. The Hall–Kier alpha value is -4.91. The van der Waals surface area contributed by atoms with E-state index in [2.05, 4.69) is 16.3 Å². The Morgan fingerprint density at radius 2 is 1.65 bits per heavy atom. The number of anilines is 1. The fraction of sp³-hybridized carbons (Fsp3) is 0.200. The molecule has 200 valence electrons. The first-order valence-electron chi connectivity index (χ1n) is 12.6. The molecule has 2 aromatic heterocycles. The third-order valence-electron chi connectivity index (χ3n) is 7.20. The molecular weight excluding hydrogens is 517 g/mol. The molecule has 0 saturated carbocycles. The Morgan fingerprint density at radius 1 is 0.950 bits per heavy atom. The van der Waals surface area contributed by atoms with Crippen molar-refractivity contribution in [2.75, 3.05) is 18.6 Å². The van der Waals surface area contributed by atoms with Crippen molar-refractivity contribution >= 4 is 16.6 Å². The van der Waals surface area contributed by atoms with Gasteiger partial charge in [-0.1, -0.05) is 36.4 Å². The normalized spacial score (nSPS) is 15.1. The van der Waals surface area contributed by atoms with Gasteiger partial charge in [-0.15, -0.1) is 10.2 Å². The smallest absolute Gasteiger partial charge is 0.451 e. The lowest BCUT2D eigenvalue weighted by Crippen LogP contribution is -2.37. The van der Waals surface area contributed by atoms with E-state index >= 15 is 0 Å². The Bertz CT molecular complexity index is 1750. The highest BCUT2D eigenvalue weighted by Gasteiger charge is 2.41. The fourth-order valence-electron chi connectivity index (χ4n) is 5.35. The minimum Gasteiger partial charge on any atom is -0.495 e. The van der Waals surface area contributed by atoms with Crippen molar-refractivity contribution in [3.8, 4) is 34.1 Å². The van der Waals surface area contributed by atoms with Crippen molar-refractivity contribution in [2.24, 2.45) is 0 Å². The van der Waals surface area contributed by atoms with E-state index in [0.29, 0.717) is 17.9 Å². The summed E-state index contributed by atoms with van der Waals surface area (Å²) < 4.78 is 47.1. The van der Waals surface area contributed by atoms with Gasteiger partial charge in [-0.05, 0) is 48.4 Å². The maximum atomic E-state index is 13.3. The van der Waals surface area contributed by atoms with Gasteiger partial charge in [-0.3, -0.25) is 4.98 Å². The quantitative estimate of drug-likeness (QED) is 0.254. The molecule has 0 radical (unpaired) electrons. The molecule has 1 aliphatic rings. The third-order valence-corrected chi connectivity index (χ3v) is 7.20. The Morgan fingerprint density at radius 3 is 2.33 bits per heavy atom. The fourth-order valence-corrected chi connectivity index (χ4v) is 5.35. The molecule has 1 atom stereocenters. The Kier molecular flexibility index (Phi) is 6.14. The molecule has 5 aromatic rings. The molecule has 10 heteroatoms. The highest BCUT2D eigenvalue weighted by Crippen LogP contribution is 2.40. The van der Waals surface area contributed by atoms with E-state index in [1.165, 1.54) is 4.57 Å². The largest absolute Gasteiger partial charge is 0.495 e. The van der Waals surface area contributed by atoms with Crippen LogP contribution >= 0.6 is 0 Å². The molecule has 0 aliphatic carbocycles. The lowest BCUT2D eigenvalue weighted by Gasteiger charge is -2.34. The maximum Gasteiger partial charge on any atom is 0.451 e. The molecule has 3 heterocycles. The van der Waals surface area contributed by atoms with E-state index in [1.807, 2.05) is 59.5 Å². The number of nitrogens with zero attached hydrogens (tertiary/aromatic N) is 6. The van der Waals surface area contributed by atoms with Crippen LogP contribution in [0.25, 0.3) is 33.2 Å². The summed E-state index contributed by atoms with van der Waals surface area (Å²) in [7, 11) is 1.63. The summed E-state index contributed by atoms with van der Waals surface area (Å²) in [4.78, 5) is 6.79. The molecule has 3 aromatic carbocycles. The van der Waals surface area contributed by atoms with Gasteiger partial charge in [0.05, 0.1) is 36.8 Å². The molecule has 0 amide bonds. The Balaban J connectivity index is 1.32. The average Bonchev–Trinajstić information content (AvgIpc) is 3.42. The predicted octanol–water partition coefficient (Wildman–Crippen LogP) is 6.64. The van der Waals surface area contributed by atoms with E-state index in [-0.39, 0.29) is 12.4 Å². The van der Waals surface area contributed by atoms with Crippen LogP contribution in [0.15, 0.2) is 72.9 Å². The molecule has 40 heavy (non-hydrogen) atoms. The van der Waals surface area contributed by atoms with Crippen LogP contribution in [0.1, 0.15) is 30.2 Å². The second-order valence-electron chi connectivity index (χ2n) is 9.68. The van der Waals surface area contributed by atoms with E-state index in [1.54, 1.807) is 32.4 Å². The van der Waals surface area contributed by atoms with Gasteiger partial charge in [0.15, 0.2) is 5.82 Å². The van der Waals surface area contributed by atoms with Gasteiger partial charge < -0.3 is 14.2 Å². The van der Waals surface area contributed by atoms with Crippen LogP contribution in [0.4, 0.5) is 18.9 Å².